The fourth-order valence-corrected chi connectivity index (χ4v) is 6.45. The molecule has 2 aromatic carbocycles. The first-order valence-electron chi connectivity index (χ1n) is 11.3. The lowest BCUT2D eigenvalue weighted by Crippen LogP contribution is -2.54. The molecule has 0 spiro atoms. The van der Waals surface area contributed by atoms with Crippen LogP contribution in [0.25, 0.3) is 0 Å². The summed E-state index contributed by atoms with van der Waals surface area (Å²) in [5.41, 5.74) is 3.66. The van der Waals surface area contributed by atoms with Crippen LogP contribution >= 0.6 is 0 Å². The Balaban J connectivity index is 0.00000342. The minimum atomic E-state index is -4.08. The molecule has 2 N–H and O–H groups in total. The van der Waals surface area contributed by atoms with Crippen LogP contribution < -0.4 is 15.1 Å². The Morgan fingerprint density at radius 2 is 1.77 bits per heavy atom. The van der Waals surface area contributed by atoms with Gasteiger partial charge in [-0.05, 0) is 61.6 Å². The van der Waals surface area contributed by atoms with E-state index in [-0.39, 0.29) is 44.3 Å². The van der Waals surface area contributed by atoms with Crippen molar-refractivity contribution in [3.8, 4) is 5.75 Å². The number of nitrogens with zero attached hydrogens (tertiary/aromatic N) is 1. The molecule has 0 radical (unpaired) electrons. The quantitative estimate of drug-likeness (QED) is 0.322. The van der Waals surface area contributed by atoms with E-state index in [0.717, 1.165) is 12.1 Å². The van der Waals surface area contributed by atoms with Crippen LogP contribution in [0.3, 0.4) is 0 Å². The lowest BCUT2D eigenvalue weighted by Gasteiger charge is -2.34. The molecule has 0 atom stereocenters. The molecule has 190 valence electrons. The Morgan fingerprint density at radius 1 is 1.09 bits per heavy atom. The summed E-state index contributed by atoms with van der Waals surface area (Å²) in [7, 11) is -4.08. The number of hydroxylamine groups is 1. The summed E-state index contributed by atoms with van der Waals surface area (Å²) in [5, 5.41) is 9.13. The maximum Gasteiger partial charge on any atom is 0.265 e. The number of fused-ring (bicyclic) bond motifs is 1. The van der Waals surface area contributed by atoms with Crippen LogP contribution in [-0.4, -0.2) is 56.6 Å². The number of sulfone groups is 1. The van der Waals surface area contributed by atoms with Gasteiger partial charge in [-0.1, -0.05) is 25.6 Å². The maximum atomic E-state index is 13.3. The van der Waals surface area contributed by atoms with Crippen molar-refractivity contribution >= 4 is 27.3 Å². The van der Waals surface area contributed by atoms with Gasteiger partial charge in [0.25, 0.3) is 5.91 Å². The van der Waals surface area contributed by atoms with Crippen molar-refractivity contribution in [3.05, 3.63) is 54.1 Å². The molecular formula is C25H32N2O7S. The van der Waals surface area contributed by atoms with Crippen LogP contribution in [0.1, 0.15) is 38.7 Å². The van der Waals surface area contributed by atoms with E-state index in [2.05, 4.69) is 0 Å². The smallest absolute Gasteiger partial charge is 0.265 e. The van der Waals surface area contributed by atoms with E-state index in [0.29, 0.717) is 31.7 Å². The SMILES string of the molecule is C.O=C(CCCOc1ccc(S(=O)(=O)C2(C(=O)NO)CCOCC2)cc1)N1CCc2ccccc21. The van der Waals surface area contributed by atoms with E-state index in [1.165, 1.54) is 35.3 Å². The predicted molar refractivity (Wildman–Crippen MR) is 130 cm³/mol. The number of hydrogen-bond acceptors (Lipinski definition) is 7. The molecule has 0 aromatic heterocycles. The maximum absolute atomic E-state index is 13.3. The number of carbonyl (C=O) groups is 2. The van der Waals surface area contributed by atoms with Gasteiger partial charge in [-0.25, -0.2) is 13.9 Å². The molecule has 2 amide bonds. The first-order chi connectivity index (χ1) is 16.4. The summed E-state index contributed by atoms with van der Waals surface area (Å²) < 4.78 is 35.6. The number of nitrogens with one attached hydrogen (secondary N) is 1. The van der Waals surface area contributed by atoms with Crippen molar-refractivity contribution in [2.24, 2.45) is 0 Å². The zero-order valence-electron chi connectivity index (χ0n) is 18.7. The first kappa shape index (κ1) is 26.7. The normalized spacial score (nSPS) is 16.7. The molecule has 0 saturated carbocycles. The van der Waals surface area contributed by atoms with Gasteiger partial charge >= 0.3 is 0 Å². The second kappa shape index (κ2) is 11.2. The Morgan fingerprint density at radius 3 is 2.46 bits per heavy atom. The molecule has 1 saturated heterocycles. The van der Waals surface area contributed by atoms with E-state index < -0.39 is 20.5 Å². The zero-order chi connectivity index (χ0) is 24.2. The fourth-order valence-electron chi connectivity index (χ4n) is 4.51. The van der Waals surface area contributed by atoms with Crippen molar-refractivity contribution in [1.29, 1.82) is 0 Å². The number of ether oxygens (including phenoxy) is 2. The van der Waals surface area contributed by atoms with Gasteiger partial charge in [0.05, 0.1) is 11.5 Å². The summed E-state index contributed by atoms with van der Waals surface area (Å²) in [6.07, 6.45) is 1.64. The average molecular weight is 505 g/mol. The predicted octanol–water partition coefficient (Wildman–Crippen LogP) is 2.90. The van der Waals surface area contributed by atoms with Crippen molar-refractivity contribution < 1.29 is 32.7 Å². The molecule has 1 fully saturated rings. The number of amides is 2. The molecule has 10 heteroatoms. The van der Waals surface area contributed by atoms with Gasteiger partial charge in [0, 0.05) is 31.9 Å². The highest BCUT2D eigenvalue weighted by molar-refractivity contribution is 7.93. The molecule has 9 nitrogen and oxygen atoms in total. The van der Waals surface area contributed by atoms with Gasteiger partial charge in [-0.3, -0.25) is 14.8 Å². The van der Waals surface area contributed by atoms with Crippen molar-refractivity contribution in [1.82, 2.24) is 5.48 Å². The Labute approximate surface area is 205 Å². The summed E-state index contributed by atoms with van der Waals surface area (Å²) >= 11 is 0. The molecule has 2 aliphatic rings. The molecule has 0 bridgehead atoms. The number of anilines is 1. The van der Waals surface area contributed by atoms with Crippen LogP contribution in [0.5, 0.6) is 5.75 Å². The number of carbonyl (C=O) groups excluding carboxylic acids is 2. The Bertz CT molecular complexity index is 1140. The highest BCUT2D eigenvalue weighted by Crippen LogP contribution is 2.36. The average Bonchev–Trinajstić information content (AvgIpc) is 3.31. The lowest BCUT2D eigenvalue weighted by molar-refractivity contribution is -0.134. The first-order valence-corrected chi connectivity index (χ1v) is 12.8. The lowest BCUT2D eigenvalue weighted by atomic mass is 9.98. The van der Waals surface area contributed by atoms with Gasteiger partial charge in [0.15, 0.2) is 14.6 Å². The third kappa shape index (κ3) is 5.19. The molecule has 0 unspecified atom stereocenters. The van der Waals surface area contributed by atoms with Crippen LogP contribution in [0, 0.1) is 0 Å². The third-order valence-corrected chi connectivity index (χ3v) is 8.97. The van der Waals surface area contributed by atoms with E-state index >= 15 is 0 Å². The van der Waals surface area contributed by atoms with Crippen molar-refractivity contribution in [3.63, 3.8) is 0 Å². The topological polar surface area (TPSA) is 122 Å². The molecule has 4 rings (SSSR count). The largest absolute Gasteiger partial charge is 0.494 e. The molecule has 2 heterocycles. The Kier molecular flexibility index (Phi) is 8.52. The van der Waals surface area contributed by atoms with Crippen molar-refractivity contribution in [2.45, 2.75) is 49.2 Å². The van der Waals surface area contributed by atoms with E-state index in [4.69, 9.17) is 14.7 Å². The van der Waals surface area contributed by atoms with Gasteiger partial charge in [0.1, 0.15) is 5.75 Å². The molecule has 2 aromatic rings. The third-order valence-electron chi connectivity index (χ3n) is 6.46. The molecule has 35 heavy (non-hydrogen) atoms. The highest BCUT2D eigenvalue weighted by Gasteiger charge is 2.52. The number of benzene rings is 2. The van der Waals surface area contributed by atoms with Gasteiger partial charge in [0.2, 0.25) is 5.91 Å². The molecular weight excluding hydrogens is 472 g/mol. The summed E-state index contributed by atoms with van der Waals surface area (Å²) in [4.78, 5) is 26.7. The standard InChI is InChI=1S/C24H28N2O7S.CH4/c27-22(26-14-11-18-4-1-2-5-21(18)26)6-3-15-33-19-7-9-20(10-8-19)34(30,31)24(23(28)25-29)12-16-32-17-13-24;/h1-2,4-5,7-10,29H,3,6,11-17H2,(H,25,28);1H4. The highest BCUT2D eigenvalue weighted by atomic mass is 32.2. The number of hydrogen-bond donors (Lipinski definition) is 2. The number of para-hydroxylation sites is 1. The van der Waals surface area contributed by atoms with Gasteiger partial charge in [-0.15, -0.1) is 0 Å². The van der Waals surface area contributed by atoms with Crippen LogP contribution in [0.15, 0.2) is 53.4 Å². The summed E-state index contributed by atoms with van der Waals surface area (Å²) in [6.45, 7) is 1.21. The van der Waals surface area contributed by atoms with Gasteiger partial charge in [-0.2, -0.15) is 0 Å². The van der Waals surface area contributed by atoms with Crippen molar-refractivity contribution in [2.75, 3.05) is 31.3 Å². The minimum absolute atomic E-state index is 0. The second-order valence-electron chi connectivity index (χ2n) is 8.40. The van der Waals surface area contributed by atoms with Crippen LogP contribution in [-0.2, 0) is 30.6 Å². The number of rotatable bonds is 8. The minimum Gasteiger partial charge on any atom is -0.494 e. The summed E-state index contributed by atoms with van der Waals surface area (Å²) in [5.74, 6) is -0.439. The Hall–Kier alpha value is -2.95. The van der Waals surface area contributed by atoms with Gasteiger partial charge < -0.3 is 14.4 Å². The summed E-state index contributed by atoms with van der Waals surface area (Å²) in [6, 6.07) is 13.7. The monoisotopic (exact) mass is 504 g/mol. The fraction of sp³-hybridized carbons (Fsp3) is 0.440. The molecule has 0 aliphatic carbocycles. The van der Waals surface area contributed by atoms with E-state index in [1.54, 1.807) is 0 Å². The molecule has 2 aliphatic heterocycles. The van der Waals surface area contributed by atoms with Crippen LogP contribution in [0.2, 0.25) is 0 Å². The van der Waals surface area contributed by atoms with E-state index in [1.807, 2.05) is 29.2 Å². The van der Waals surface area contributed by atoms with E-state index in [9.17, 15) is 18.0 Å². The van der Waals surface area contributed by atoms with Crippen LogP contribution in [0.4, 0.5) is 5.69 Å². The zero-order valence-corrected chi connectivity index (χ0v) is 19.6. The second-order valence-corrected chi connectivity index (χ2v) is 10.7.